The second kappa shape index (κ2) is 3.99. The van der Waals surface area contributed by atoms with Crippen molar-refractivity contribution in [2.24, 2.45) is 0 Å². The van der Waals surface area contributed by atoms with Gasteiger partial charge in [0, 0.05) is 20.6 Å². The van der Waals surface area contributed by atoms with Crippen LogP contribution in [0.25, 0.3) is 32.7 Å². The number of benzene rings is 3. The van der Waals surface area contributed by atoms with Crippen LogP contribution in [-0.2, 0) is 0 Å². The first kappa shape index (κ1) is 11.3. The van der Waals surface area contributed by atoms with Gasteiger partial charge in [0.05, 0.1) is 5.02 Å². The highest BCUT2D eigenvalue weighted by Gasteiger charge is 2.14. The Hall–Kier alpha value is -1.51. The summed E-state index contributed by atoms with van der Waals surface area (Å²) in [6.45, 7) is 0. The molecule has 4 rings (SSSR count). The second-order valence-electron chi connectivity index (χ2n) is 4.50. The monoisotopic (exact) mass is 330 g/mol. The predicted molar refractivity (Wildman–Crippen MR) is 83.9 cm³/mol. The first-order chi connectivity index (χ1) is 9.25. The minimum atomic E-state index is 0.717. The lowest BCUT2D eigenvalue weighted by Gasteiger charge is -2.03. The van der Waals surface area contributed by atoms with E-state index in [1.807, 2.05) is 36.4 Å². The average molecular weight is 332 g/mol. The summed E-state index contributed by atoms with van der Waals surface area (Å²) in [6.07, 6.45) is 0. The SMILES string of the molecule is Clc1cccc2cc(Br)c3c4ccccc4oc3c12. The van der Waals surface area contributed by atoms with Crippen LogP contribution in [0.1, 0.15) is 0 Å². The average Bonchev–Trinajstić information content (AvgIpc) is 2.78. The van der Waals surface area contributed by atoms with Crippen molar-refractivity contribution in [1.29, 1.82) is 0 Å². The number of para-hydroxylation sites is 1. The van der Waals surface area contributed by atoms with E-state index in [2.05, 4.69) is 28.1 Å². The van der Waals surface area contributed by atoms with Gasteiger partial charge in [0.1, 0.15) is 11.2 Å². The molecular formula is C16H8BrClO. The van der Waals surface area contributed by atoms with Gasteiger partial charge in [0.2, 0.25) is 0 Å². The van der Waals surface area contributed by atoms with E-state index in [0.717, 1.165) is 37.2 Å². The van der Waals surface area contributed by atoms with Crippen LogP contribution < -0.4 is 0 Å². The van der Waals surface area contributed by atoms with Gasteiger partial charge >= 0.3 is 0 Å². The molecule has 0 bridgehead atoms. The molecule has 0 radical (unpaired) electrons. The number of hydrogen-bond acceptors (Lipinski definition) is 1. The molecule has 0 unspecified atom stereocenters. The summed E-state index contributed by atoms with van der Waals surface area (Å²) in [5.74, 6) is 0. The van der Waals surface area contributed by atoms with E-state index in [4.69, 9.17) is 16.0 Å². The smallest absolute Gasteiger partial charge is 0.145 e. The van der Waals surface area contributed by atoms with Gasteiger partial charge in [-0.05, 0) is 39.5 Å². The van der Waals surface area contributed by atoms with Gasteiger partial charge in [-0.15, -0.1) is 0 Å². The van der Waals surface area contributed by atoms with Gasteiger partial charge in [-0.2, -0.15) is 0 Å². The van der Waals surface area contributed by atoms with Crippen molar-refractivity contribution in [2.75, 3.05) is 0 Å². The summed E-state index contributed by atoms with van der Waals surface area (Å²) < 4.78 is 7.04. The molecule has 3 heteroatoms. The summed E-state index contributed by atoms with van der Waals surface area (Å²) in [6, 6.07) is 16.0. The molecule has 0 aliphatic carbocycles. The van der Waals surface area contributed by atoms with E-state index in [1.165, 1.54) is 0 Å². The lowest BCUT2D eigenvalue weighted by atomic mass is 10.1. The fourth-order valence-electron chi connectivity index (χ4n) is 2.57. The van der Waals surface area contributed by atoms with Gasteiger partial charge in [0.25, 0.3) is 0 Å². The fourth-order valence-corrected chi connectivity index (χ4v) is 3.48. The maximum Gasteiger partial charge on any atom is 0.145 e. The quantitative estimate of drug-likeness (QED) is 0.376. The van der Waals surface area contributed by atoms with Crippen molar-refractivity contribution in [3.8, 4) is 0 Å². The Balaban J connectivity index is 2.39. The highest BCUT2D eigenvalue weighted by molar-refractivity contribution is 9.10. The van der Waals surface area contributed by atoms with E-state index in [-0.39, 0.29) is 0 Å². The third-order valence-corrected chi connectivity index (χ3v) is 4.33. The second-order valence-corrected chi connectivity index (χ2v) is 5.76. The molecule has 0 N–H and O–H groups in total. The molecule has 0 fully saturated rings. The first-order valence-corrected chi connectivity index (χ1v) is 7.11. The van der Waals surface area contributed by atoms with Crippen molar-refractivity contribution in [1.82, 2.24) is 0 Å². The molecule has 0 aliphatic rings. The zero-order valence-electron chi connectivity index (χ0n) is 9.78. The minimum absolute atomic E-state index is 0.717. The molecule has 0 aliphatic heterocycles. The van der Waals surface area contributed by atoms with Crippen molar-refractivity contribution in [2.45, 2.75) is 0 Å². The zero-order chi connectivity index (χ0) is 13.0. The highest BCUT2D eigenvalue weighted by Crippen LogP contribution is 2.41. The molecule has 0 saturated carbocycles. The normalized spacial score (nSPS) is 11.7. The summed E-state index contributed by atoms with van der Waals surface area (Å²) >= 11 is 9.98. The molecule has 92 valence electrons. The van der Waals surface area contributed by atoms with Gasteiger partial charge in [-0.1, -0.05) is 41.9 Å². The van der Waals surface area contributed by atoms with Gasteiger partial charge < -0.3 is 4.42 Å². The van der Waals surface area contributed by atoms with Gasteiger partial charge in [-0.3, -0.25) is 0 Å². The molecule has 0 saturated heterocycles. The Morgan fingerprint density at radius 1 is 0.947 bits per heavy atom. The fraction of sp³-hybridized carbons (Fsp3) is 0. The Morgan fingerprint density at radius 3 is 2.68 bits per heavy atom. The summed E-state index contributed by atoms with van der Waals surface area (Å²) in [5, 5.41) is 4.95. The summed E-state index contributed by atoms with van der Waals surface area (Å²) in [4.78, 5) is 0. The third kappa shape index (κ3) is 1.54. The van der Waals surface area contributed by atoms with Crippen molar-refractivity contribution in [3.63, 3.8) is 0 Å². The molecule has 0 atom stereocenters. The van der Waals surface area contributed by atoms with Gasteiger partial charge in [-0.25, -0.2) is 0 Å². The topological polar surface area (TPSA) is 13.1 Å². The highest BCUT2D eigenvalue weighted by atomic mass is 79.9. The van der Waals surface area contributed by atoms with E-state index >= 15 is 0 Å². The number of rotatable bonds is 0. The number of hydrogen-bond donors (Lipinski definition) is 0. The third-order valence-electron chi connectivity index (χ3n) is 3.39. The first-order valence-electron chi connectivity index (χ1n) is 5.93. The van der Waals surface area contributed by atoms with Crippen LogP contribution >= 0.6 is 27.5 Å². The molecule has 1 aromatic heterocycles. The van der Waals surface area contributed by atoms with Crippen LogP contribution in [0, 0.1) is 0 Å². The van der Waals surface area contributed by atoms with Crippen molar-refractivity contribution in [3.05, 3.63) is 58.0 Å². The number of fused-ring (bicyclic) bond motifs is 5. The molecule has 19 heavy (non-hydrogen) atoms. The zero-order valence-corrected chi connectivity index (χ0v) is 12.1. The van der Waals surface area contributed by atoms with E-state index in [9.17, 15) is 0 Å². The minimum Gasteiger partial charge on any atom is -0.455 e. The summed E-state index contributed by atoms with van der Waals surface area (Å²) in [5.41, 5.74) is 1.72. The Labute approximate surface area is 122 Å². The molecule has 0 spiro atoms. The number of halogens is 2. The lowest BCUT2D eigenvalue weighted by Crippen LogP contribution is -1.77. The standard InChI is InChI=1S/C16H8BrClO/c17-11-8-9-4-3-6-12(18)14(9)16-15(11)10-5-1-2-7-13(10)19-16/h1-8H. The van der Waals surface area contributed by atoms with Crippen LogP contribution in [0.5, 0.6) is 0 Å². The largest absolute Gasteiger partial charge is 0.455 e. The van der Waals surface area contributed by atoms with Crippen molar-refractivity contribution >= 4 is 60.2 Å². The molecule has 4 aromatic rings. The van der Waals surface area contributed by atoms with E-state index < -0.39 is 0 Å². The molecular weight excluding hydrogens is 324 g/mol. The molecule has 3 aromatic carbocycles. The van der Waals surface area contributed by atoms with E-state index in [1.54, 1.807) is 0 Å². The number of furan rings is 1. The Kier molecular flexibility index (Phi) is 2.38. The Morgan fingerprint density at radius 2 is 1.79 bits per heavy atom. The maximum absolute atomic E-state index is 6.34. The van der Waals surface area contributed by atoms with Crippen LogP contribution in [-0.4, -0.2) is 0 Å². The van der Waals surface area contributed by atoms with Gasteiger partial charge in [0.15, 0.2) is 0 Å². The van der Waals surface area contributed by atoms with Crippen LogP contribution in [0.2, 0.25) is 5.02 Å². The van der Waals surface area contributed by atoms with Crippen LogP contribution in [0.4, 0.5) is 0 Å². The maximum atomic E-state index is 6.34. The van der Waals surface area contributed by atoms with E-state index in [0.29, 0.717) is 5.02 Å². The lowest BCUT2D eigenvalue weighted by molar-refractivity contribution is 0.672. The summed E-state index contributed by atoms with van der Waals surface area (Å²) in [7, 11) is 0. The Bertz CT molecular complexity index is 940. The van der Waals surface area contributed by atoms with Crippen LogP contribution in [0.15, 0.2) is 57.4 Å². The van der Waals surface area contributed by atoms with Crippen LogP contribution in [0.3, 0.4) is 0 Å². The molecule has 1 nitrogen and oxygen atoms in total. The molecule has 1 heterocycles. The predicted octanol–water partition coefficient (Wildman–Crippen LogP) is 6.16. The van der Waals surface area contributed by atoms with Crippen molar-refractivity contribution < 1.29 is 4.42 Å². The molecule has 0 amide bonds.